The summed E-state index contributed by atoms with van der Waals surface area (Å²) >= 11 is 0. The van der Waals surface area contributed by atoms with Crippen LogP contribution in [0.2, 0.25) is 0 Å². The van der Waals surface area contributed by atoms with Gasteiger partial charge in [0, 0.05) is 13.7 Å². The number of likely N-dealkylation sites (tertiary alicyclic amines) is 1. The van der Waals surface area contributed by atoms with E-state index in [-0.39, 0.29) is 6.04 Å². The first-order valence-corrected chi connectivity index (χ1v) is 9.28. The number of hydrogen-bond donors (Lipinski definition) is 0. The molecule has 2 heteroatoms. The van der Waals surface area contributed by atoms with Crippen LogP contribution < -0.4 is 0 Å². The number of methoxy groups -OCH3 is 1. The van der Waals surface area contributed by atoms with Crippen LogP contribution in [0, 0.1) is 5.92 Å². The second kappa shape index (κ2) is 7.88. The van der Waals surface area contributed by atoms with Crippen molar-refractivity contribution in [2.75, 3.05) is 13.7 Å². The van der Waals surface area contributed by atoms with E-state index in [2.05, 4.69) is 91.7 Å². The maximum absolute atomic E-state index is 6.36. The zero-order valence-corrected chi connectivity index (χ0v) is 15.6. The summed E-state index contributed by atoms with van der Waals surface area (Å²) < 4.78 is 6.36. The van der Waals surface area contributed by atoms with Crippen molar-refractivity contribution in [3.63, 3.8) is 0 Å². The van der Waals surface area contributed by atoms with Gasteiger partial charge in [-0.15, -0.1) is 0 Å². The maximum Gasteiger partial charge on any atom is 0.138 e. The highest BCUT2D eigenvalue weighted by Crippen LogP contribution is 2.43. The minimum absolute atomic E-state index is 0.289. The van der Waals surface area contributed by atoms with Gasteiger partial charge in [0.2, 0.25) is 0 Å². The quantitative estimate of drug-likeness (QED) is 0.718. The molecule has 1 saturated heterocycles. The normalized spacial score (nSPS) is 18.4. The molecule has 1 aliphatic heterocycles. The number of allylic oxidation sites excluding steroid dienone is 1. The molecule has 3 rings (SSSR count). The number of benzene rings is 2. The first-order chi connectivity index (χ1) is 12.2. The van der Waals surface area contributed by atoms with Gasteiger partial charge < -0.3 is 9.64 Å². The lowest BCUT2D eigenvalue weighted by Gasteiger charge is -2.43. The highest BCUT2D eigenvalue weighted by Gasteiger charge is 2.46. The zero-order valence-electron chi connectivity index (χ0n) is 15.6. The Balaban J connectivity index is 2.11. The lowest BCUT2D eigenvalue weighted by Crippen LogP contribution is -2.48. The van der Waals surface area contributed by atoms with Crippen LogP contribution in [0.3, 0.4) is 0 Å². The van der Waals surface area contributed by atoms with Gasteiger partial charge in [-0.3, -0.25) is 0 Å². The predicted molar refractivity (Wildman–Crippen MR) is 104 cm³/mol. The fourth-order valence-corrected chi connectivity index (χ4v) is 3.98. The van der Waals surface area contributed by atoms with Gasteiger partial charge in [0.1, 0.15) is 5.60 Å². The molecule has 2 nitrogen and oxygen atoms in total. The van der Waals surface area contributed by atoms with Crippen LogP contribution in [0.5, 0.6) is 0 Å². The average molecular weight is 335 g/mol. The Kier molecular flexibility index (Phi) is 5.60. The molecular weight excluding hydrogens is 306 g/mol. The SMILES string of the molecule is COC(c1ccccc1)(c1ccccc1)[C@@H]1CCCN1/C=C/C(C)C. The van der Waals surface area contributed by atoms with E-state index in [1.165, 1.54) is 17.5 Å². The molecule has 2 aromatic carbocycles. The first kappa shape index (κ1) is 17.8. The molecule has 1 aliphatic rings. The van der Waals surface area contributed by atoms with Crippen molar-refractivity contribution in [2.24, 2.45) is 5.92 Å². The monoisotopic (exact) mass is 335 g/mol. The van der Waals surface area contributed by atoms with Crippen LogP contribution in [0.1, 0.15) is 37.8 Å². The predicted octanol–water partition coefficient (Wildman–Crippen LogP) is 5.21. The summed E-state index contributed by atoms with van der Waals surface area (Å²) in [5.74, 6) is 0.548. The van der Waals surface area contributed by atoms with E-state index in [1.54, 1.807) is 0 Å². The fourth-order valence-electron chi connectivity index (χ4n) is 3.98. The highest BCUT2D eigenvalue weighted by atomic mass is 16.5. The van der Waals surface area contributed by atoms with E-state index in [0.29, 0.717) is 5.92 Å². The second-order valence-electron chi connectivity index (χ2n) is 7.15. The molecule has 1 atom stereocenters. The highest BCUT2D eigenvalue weighted by molar-refractivity contribution is 5.39. The third kappa shape index (κ3) is 3.50. The Morgan fingerprint density at radius 2 is 1.56 bits per heavy atom. The number of nitrogens with zero attached hydrogens (tertiary/aromatic N) is 1. The maximum atomic E-state index is 6.36. The third-order valence-corrected chi connectivity index (χ3v) is 5.15. The fraction of sp³-hybridized carbons (Fsp3) is 0.391. The molecule has 1 fully saturated rings. The van der Waals surface area contributed by atoms with E-state index in [4.69, 9.17) is 4.74 Å². The molecular formula is C23H29NO. The van der Waals surface area contributed by atoms with E-state index in [1.807, 2.05) is 7.11 Å². The smallest absolute Gasteiger partial charge is 0.138 e. The number of rotatable bonds is 6. The topological polar surface area (TPSA) is 12.5 Å². The summed E-state index contributed by atoms with van der Waals surface area (Å²) in [6.07, 6.45) is 6.88. The molecule has 1 heterocycles. The average Bonchev–Trinajstić information content (AvgIpc) is 3.12. The van der Waals surface area contributed by atoms with Crippen molar-refractivity contribution in [3.8, 4) is 0 Å². The standard InChI is InChI=1S/C23H29NO/c1-19(2)16-18-24-17-10-15-22(24)23(25-3,20-11-6-4-7-12-20)21-13-8-5-9-14-21/h4-9,11-14,16,18-19,22H,10,15,17H2,1-3H3/b18-16+/t22-/m0/s1. The van der Waals surface area contributed by atoms with Gasteiger partial charge in [-0.2, -0.15) is 0 Å². The molecule has 0 N–H and O–H groups in total. The van der Waals surface area contributed by atoms with E-state index in [9.17, 15) is 0 Å². The van der Waals surface area contributed by atoms with Gasteiger partial charge in [-0.1, -0.05) is 80.6 Å². The molecule has 0 unspecified atom stereocenters. The van der Waals surface area contributed by atoms with Crippen LogP contribution in [0.15, 0.2) is 72.9 Å². The number of hydrogen-bond acceptors (Lipinski definition) is 2. The Morgan fingerprint density at radius 3 is 2.04 bits per heavy atom. The van der Waals surface area contributed by atoms with Crippen molar-refractivity contribution in [1.29, 1.82) is 0 Å². The molecule has 2 aromatic rings. The summed E-state index contributed by atoms with van der Waals surface area (Å²) in [7, 11) is 1.85. The summed E-state index contributed by atoms with van der Waals surface area (Å²) in [5, 5.41) is 0. The van der Waals surface area contributed by atoms with Gasteiger partial charge in [0.05, 0.1) is 6.04 Å². The minimum Gasteiger partial charge on any atom is -0.371 e. The van der Waals surface area contributed by atoms with Crippen molar-refractivity contribution >= 4 is 0 Å². The number of ether oxygens (including phenoxy) is 1. The van der Waals surface area contributed by atoms with Gasteiger partial charge in [-0.05, 0) is 36.1 Å². The lowest BCUT2D eigenvalue weighted by molar-refractivity contribution is -0.0314. The molecule has 0 aliphatic carbocycles. The van der Waals surface area contributed by atoms with Crippen LogP contribution in [0.4, 0.5) is 0 Å². The molecule has 132 valence electrons. The molecule has 0 amide bonds. The molecule has 0 radical (unpaired) electrons. The molecule has 0 bridgehead atoms. The Bertz CT molecular complexity index is 638. The molecule has 0 saturated carbocycles. The van der Waals surface area contributed by atoms with Crippen LogP contribution in [-0.2, 0) is 10.3 Å². The lowest BCUT2D eigenvalue weighted by atomic mass is 9.78. The summed E-state index contributed by atoms with van der Waals surface area (Å²) in [4.78, 5) is 2.48. The minimum atomic E-state index is -0.458. The Morgan fingerprint density at radius 1 is 1.00 bits per heavy atom. The largest absolute Gasteiger partial charge is 0.371 e. The summed E-state index contributed by atoms with van der Waals surface area (Å²) in [6, 6.07) is 21.6. The molecule has 25 heavy (non-hydrogen) atoms. The van der Waals surface area contributed by atoms with Gasteiger partial charge in [-0.25, -0.2) is 0 Å². The van der Waals surface area contributed by atoms with Crippen molar-refractivity contribution in [3.05, 3.63) is 84.1 Å². The van der Waals surface area contributed by atoms with Crippen LogP contribution in [0.25, 0.3) is 0 Å². The van der Waals surface area contributed by atoms with E-state index < -0.39 is 5.60 Å². The second-order valence-corrected chi connectivity index (χ2v) is 7.15. The third-order valence-electron chi connectivity index (χ3n) is 5.15. The Hall–Kier alpha value is -2.06. The van der Waals surface area contributed by atoms with E-state index in [0.717, 1.165) is 13.0 Å². The van der Waals surface area contributed by atoms with Crippen LogP contribution in [-0.4, -0.2) is 24.6 Å². The van der Waals surface area contributed by atoms with Crippen LogP contribution >= 0.6 is 0 Å². The van der Waals surface area contributed by atoms with Gasteiger partial charge >= 0.3 is 0 Å². The van der Waals surface area contributed by atoms with Gasteiger partial charge in [0.15, 0.2) is 0 Å². The zero-order chi connectivity index (χ0) is 17.7. The van der Waals surface area contributed by atoms with Crippen molar-refractivity contribution < 1.29 is 4.74 Å². The summed E-state index contributed by atoms with van der Waals surface area (Å²) in [5.41, 5.74) is 1.98. The Labute approximate surface area is 152 Å². The van der Waals surface area contributed by atoms with Crippen molar-refractivity contribution in [2.45, 2.75) is 38.3 Å². The molecule has 0 aromatic heterocycles. The van der Waals surface area contributed by atoms with E-state index >= 15 is 0 Å². The van der Waals surface area contributed by atoms with Crippen molar-refractivity contribution in [1.82, 2.24) is 4.90 Å². The summed E-state index contributed by atoms with van der Waals surface area (Å²) in [6.45, 7) is 5.53. The first-order valence-electron chi connectivity index (χ1n) is 9.28. The molecule has 0 spiro atoms. The van der Waals surface area contributed by atoms with Gasteiger partial charge in [0.25, 0.3) is 0 Å².